The summed E-state index contributed by atoms with van der Waals surface area (Å²) in [5, 5.41) is 29.0. The Bertz CT molecular complexity index is 2550. The molecular formula is C42H36F2N6O5. The van der Waals surface area contributed by atoms with Crippen LogP contribution in [0.1, 0.15) is 47.1 Å². The lowest BCUT2D eigenvalue weighted by atomic mass is 9.91. The summed E-state index contributed by atoms with van der Waals surface area (Å²) in [6.07, 6.45) is 2.01. The number of fused-ring (bicyclic) bond motifs is 2. The number of likely N-dealkylation sites (tertiary alicyclic amines) is 2. The van der Waals surface area contributed by atoms with Crippen LogP contribution < -0.4 is 4.74 Å². The van der Waals surface area contributed by atoms with Gasteiger partial charge in [0, 0.05) is 42.4 Å². The summed E-state index contributed by atoms with van der Waals surface area (Å²) in [7, 11) is 0. The van der Waals surface area contributed by atoms with Crippen molar-refractivity contribution in [3.8, 4) is 51.9 Å². The number of carbonyl (C=O) groups is 1. The molecule has 4 aromatic carbocycles. The lowest BCUT2D eigenvalue weighted by Crippen LogP contribution is -2.35. The number of aromatic nitrogens is 2. The van der Waals surface area contributed by atoms with Gasteiger partial charge in [-0.1, -0.05) is 24.3 Å². The molecule has 0 amide bonds. The van der Waals surface area contributed by atoms with E-state index >= 15 is 0 Å². The first-order valence-corrected chi connectivity index (χ1v) is 18.1. The molecule has 2 fully saturated rings. The van der Waals surface area contributed by atoms with Gasteiger partial charge in [0.2, 0.25) is 11.8 Å². The van der Waals surface area contributed by atoms with Gasteiger partial charge >= 0.3 is 12.6 Å². The number of halogens is 2. The van der Waals surface area contributed by atoms with Gasteiger partial charge in [-0.05, 0) is 104 Å². The summed E-state index contributed by atoms with van der Waals surface area (Å²) in [4.78, 5) is 25.3. The predicted octanol–water partition coefficient (Wildman–Crippen LogP) is 8.45. The molecule has 2 aromatic heterocycles. The van der Waals surface area contributed by atoms with E-state index in [0.29, 0.717) is 77.6 Å². The second-order valence-electron chi connectivity index (χ2n) is 14.2. The molecule has 2 aliphatic rings. The number of hydrogen-bond donors (Lipinski definition) is 1. The number of carboxylic acid groups (broad SMARTS) is 1. The molecule has 4 heterocycles. The number of aliphatic carboxylic acids is 1. The maximum absolute atomic E-state index is 13.5. The van der Waals surface area contributed by atoms with Gasteiger partial charge in [0.15, 0.2) is 11.2 Å². The second-order valence-corrected chi connectivity index (χ2v) is 14.2. The molecule has 8 rings (SSSR count). The van der Waals surface area contributed by atoms with E-state index in [1.807, 2.05) is 62.4 Å². The molecule has 2 aliphatic heterocycles. The van der Waals surface area contributed by atoms with Gasteiger partial charge in [-0.3, -0.25) is 14.6 Å². The Morgan fingerprint density at radius 1 is 0.927 bits per heavy atom. The maximum atomic E-state index is 13.5. The molecular weight excluding hydrogens is 706 g/mol. The smallest absolute Gasteiger partial charge is 0.387 e. The number of hydrogen-bond acceptors (Lipinski definition) is 10. The highest BCUT2D eigenvalue weighted by Gasteiger charge is 2.32. The Kier molecular flexibility index (Phi) is 9.51. The second kappa shape index (κ2) is 14.6. The molecule has 1 N–H and O–H groups in total. The minimum atomic E-state index is -3.08. The number of rotatable bonds is 10. The summed E-state index contributed by atoms with van der Waals surface area (Å²) < 4.78 is 44.3. The molecule has 6 aromatic rings. The van der Waals surface area contributed by atoms with Crippen LogP contribution in [0.3, 0.4) is 0 Å². The highest BCUT2D eigenvalue weighted by Crippen LogP contribution is 2.39. The summed E-state index contributed by atoms with van der Waals surface area (Å²) in [5.74, 6) is -0.330. The SMILES string of the molecule is Cc1c(-c2nc3cc(CN4CCC[C@H]4C(=O)O)c(OC(F)F)cc3o2)cccc1-c1cccc(-c2nc3cc(CN4CCC(C#N)C4)cc(C#N)c3o2)c1C. The van der Waals surface area contributed by atoms with Crippen LogP contribution >= 0.6 is 0 Å². The molecule has 278 valence electrons. The third kappa shape index (κ3) is 6.89. The van der Waals surface area contributed by atoms with Crippen LogP contribution in [0.4, 0.5) is 8.78 Å². The summed E-state index contributed by atoms with van der Waals surface area (Å²) in [6.45, 7) is 3.66. The maximum Gasteiger partial charge on any atom is 0.387 e. The monoisotopic (exact) mass is 742 g/mol. The molecule has 2 saturated heterocycles. The highest BCUT2D eigenvalue weighted by atomic mass is 19.3. The summed E-state index contributed by atoms with van der Waals surface area (Å²) in [6, 6.07) is 22.3. The van der Waals surface area contributed by atoms with E-state index in [-0.39, 0.29) is 23.8 Å². The molecule has 55 heavy (non-hydrogen) atoms. The molecule has 2 atom stereocenters. The number of oxazole rings is 2. The Morgan fingerprint density at radius 2 is 1.62 bits per heavy atom. The Hall–Kier alpha value is -6.15. The Morgan fingerprint density at radius 3 is 2.27 bits per heavy atom. The fourth-order valence-electron chi connectivity index (χ4n) is 8.00. The molecule has 11 nitrogen and oxygen atoms in total. The summed E-state index contributed by atoms with van der Waals surface area (Å²) in [5.41, 5.74) is 8.52. The van der Waals surface area contributed by atoms with Crippen molar-refractivity contribution in [2.75, 3.05) is 19.6 Å². The summed E-state index contributed by atoms with van der Waals surface area (Å²) >= 11 is 0. The molecule has 1 unspecified atom stereocenters. The van der Waals surface area contributed by atoms with E-state index in [1.54, 1.807) is 11.0 Å². The van der Waals surface area contributed by atoms with Gasteiger partial charge in [-0.15, -0.1) is 0 Å². The largest absolute Gasteiger partial charge is 0.480 e. The van der Waals surface area contributed by atoms with E-state index in [1.165, 1.54) is 6.07 Å². The number of carboxylic acids is 1. The number of alkyl halides is 2. The van der Waals surface area contributed by atoms with Crippen LogP contribution in [0.2, 0.25) is 0 Å². The Balaban J connectivity index is 1.12. The lowest BCUT2D eigenvalue weighted by molar-refractivity contribution is -0.142. The minimum Gasteiger partial charge on any atom is -0.480 e. The quantitative estimate of drug-likeness (QED) is 0.144. The fraction of sp³-hybridized carbons (Fsp3) is 0.310. The van der Waals surface area contributed by atoms with Gasteiger partial charge in [-0.25, -0.2) is 9.97 Å². The van der Waals surface area contributed by atoms with Gasteiger partial charge < -0.3 is 18.7 Å². The minimum absolute atomic E-state index is 0.0188. The van der Waals surface area contributed by atoms with Crippen LogP contribution in [0, 0.1) is 42.4 Å². The van der Waals surface area contributed by atoms with Crippen molar-refractivity contribution in [3.05, 3.63) is 88.5 Å². The zero-order valence-corrected chi connectivity index (χ0v) is 30.2. The normalized spacial score (nSPS) is 17.7. The van der Waals surface area contributed by atoms with Crippen molar-refractivity contribution in [1.82, 2.24) is 19.8 Å². The van der Waals surface area contributed by atoms with E-state index in [0.717, 1.165) is 46.3 Å². The number of ether oxygens (including phenoxy) is 1. The third-order valence-electron chi connectivity index (χ3n) is 10.8. The predicted molar refractivity (Wildman–Crippen MR) is 199 cm³/mol. The molecule has 0 spiro atoms. The van der Waals surface area contributed by atoms with Crippen molar-refractivity contribution < 1.29 is 32.3 Å². The van der Waals surface area contributed by atoms with Crippen LogP contribution in [-0.2, 0) is 17.9 Å². The Labute approximate surface area is 315 Å². The molecule has 0 radical (unpaired) electrons. The van der Waals surface area contributed by atoms with Crippen LogP contribution in [0.15, 0.2) is 69.5 Å². The van der Waals surface area contributed by atoms with E-state index < -0.39 is 18.6 Å². The van der Waals surface area contributed by atoms with Crippen molar-refractivity contribution in [1.29, 1.82) is 10.5 Å². The van der Waals surface area contributed by atoms with Crippen LogP contribution in [0.5, 0.6) is 5.75 Å². The van der Waals surface area contributed by atoms with Crippen molar-refractivity contribution >= 4 is 28.2 Å². The number of nitrogens with zero attached hydrogens (tertiary/aromatic N) is 6. The first kappa shape index (κ1) is 35.9. The first-order valence-electron chi connectivity index (χ1n) is 18.1. The van der Waals surface area contributed by atoms with Crippen molar-refractivity contribution in [2.24, 2.45) is 5.92 Å². The van der Waals surface area contributed by atoms with E-state index in [4.69, 9.17) is 23.5 Å². The average Bonchev–Trinajstić information content (AvgIpc) is 3.98. The zero-order chi connectivity index (χ0) is 38.4. The number of benzene rings is 4. The number of nitriles is 2. The van der Waals surface area contributed by atoms with Gasteiger partial charge in [0.1, 0.15) is 28.9 Å². The fourth-order valence-corrected chi connectivity index (χ4v) is 8.00. The van der Waals surface area contributed by atoms with Gasteiger partial charge in [-0.2, -0.15) is 19.3 Å². The van der Waals surface area contributed by atoms with E-state index in [2.05, 4.69) is 17.0 Å². The average molecular weight is 743 g/mol. The third-order valence-corrected chi connectivity index (χ3v) is 10.8. The highest BCUT2D eigenvalue weighted by molar-refractivity contribution is 5.86. The molecule has 0 bridgehead atoms. The molecule has 0 saturated carbocycles. The van der Waals surface area contributed by atoms with Gasteiger partial charge in [0.25, 0.3) is 0 Å². The van der Waals surface area contributed by atoms with E-state index in [9.17, 15) is 29.2 Å². The van der Waals surface area contributed by atoms with Crippen molar-refractivity contribution in [3.63, 3.8) is 0 Å². The molecule has 0 aliphatic carbocycles. The van der Waals surface area contributed by atoms with Crippen LogP contribution in [0.25, 0.3) is 56.2 Å². The first-order chi connectivity index (χ1) is 26.6. The van der Waals surface area contributed by atoms with Crippen molar-refractivity contribution in [2.45, 2.75) is 58.9 Å². The zero-order valence-electron chi connectivity index (χ0n) is 30.2. The lowest BCUT2D eigenvalue weighted by Gasteiger charge is -2.22. The molecule has 13 heteroatoms. The van der Waals surface area contributed by atoms with Gasteiger partial charge in [0.05, 0.1) is 17.6 Å². The topological polar surface area (TPSA) is 153 Å². The van der Waals surface area contributed by atoms with Crippen LogP contribution in [-0.4, -0.2) is 63.1 Å². The standard InChI is InChI=1S/C42H36F2N6O5/c1-23-29(6-3-8-31(23)39-47-33-16-28(22-50-12-5-10-35(50)41(51)52)36(54-42(43)44)17-37(33)53-39)30-7-4-9-32(24(30)2)40-48-34-15-26(14-27(19-46)38(34)55-40)21-49-13-11-25(18-45)20-49/h3-4,6-9,14-17,25,35,42H,5,10-13,20-22H2,1-2H3,(H,51,52)/t25?,35-/m0/s1.